The molecule has 3 fully saturated rings. The molecule has 0 aromatic heterocycles. The summed E-state index contributed by atoms with van der Waals surface area (Å²) in [5.74, 6) is -3.80. The fourth-order valence-electron chi connectivity index (χ4n) is 6.02. The van der Waals surface area contributed by atoms with Crippen molar-refractivity contribution in [2.45, 2.75) is 77.6 Å². The van der Waals surface area contributed by atoms with Gasteiger partial charge in [0.15, 0.2) is 0 Å². The SMILES string of the molecule is C=CCNC(=O)C(=O)C(CC(F)(F)F)NC(=O)[C@@H]1[C@@H]2[C@H](CN1C(=O)[C@@H](C)C1CCCCC1)C2(C)C. The first-order valence-electron chi connectivity index (χ1n) is 12.4. The maximum Gasteiger partial charge on any atom is 0.391 e. The number of carbonyl (C=O) groups excluding carboxylic acids is 4. The molecule has 1 aliphatic heterocycles. The highest BCUT2D eigenvalue weighted by molar-refractivity contribution is 6.38. The van der Waals surface area contributed by atoms with Crippen LogP contribution in [0.3, 0.4) is 0 Å². The summed E-state index contributed by atoms with van der Waals surface area (Å²) >= 11 is 0. The van der Waals surface area contributed by atoms with Crippen LogP contribution < -0.4 is 10.6 Å². The molecular formula is C25H36F3N3O4. The van der Waals surface area contributed by atoms with Gasteiger partial charge in [-0.1, -0.05) is 46.1 Å². The second kappa shape index (κ2) is 10.3. The number of alkyl halides is 3. The van der Waals surface area contributed by atoms with E-state index in [1.807, 2.05) is 20.8 Å². The number of likely N-dealkylation sites (tertiary alicyclic amines) is 1. The van der Waals surface area contributed by atoms with Crippen LogP contribution in [0.15, 0.2) is 12.7 Å². The van der Waals surface area contributed by atoms with E-state index in [0.29, 0.717) is 6.54 Å². The Bertz CT molecular complexity index is 867. The highest BCUT2D eigenvalue weighted by Gasteiger charge is 2.69. The Morgan fingerprint density at radius 1 is 1.14 bits per heavy atom. The van der Waals surface area contributed by atoms with Crippen LogP contribution in [-0.4, -0.2) is 59.8 Å². The molecule has 1 heterocycles. The number of halogens is 3. The third-order valence-corrected chi connectivity index (χ3v) is 8.21. The molecule has 0 aromatic rings. The first kappa shape index (κ1) is 27.2. The van der Waals surface area contributed by atoms with Crippen molar-refractivity contribution in [3.05, 3.63) is 12.7 Å². The van der Waals surface area contributed by atoms with E-state index in [9.17, 15) is 32.3 Å². The topological polar surface area (TPSA) is 95.6 Å². The highest BCUT2D eigenvalue weighted by atomic mass is 19.4. The Balaban J connectivity index is 1.79. The normalized spacial score (nSPS) is 27.4. The third kappa shape index (κ3) is 5.89. The maximum absolute atomic E-state index is 13.4. The van der Waals surface area contributed by atoms with Crippen molar-refractivity contribution in [2.75, 3.05) is 13.1 Å². The molecule has 0 radical (unpaired) electrons. The lowest BCUT2D eigenvalue weighted by Crippen LogP contribution is -2.57. The summed E-state index contributed by atoms with van der Waals surface area (Å²) in [6, 6.07) is -3.03. The van der Waals surface area contributed by atoms with Crippen LogP contribution in [0.25, 0.3) is 0 Å². The van der Waals surface area contributed by atoms with Crippen molar-refractivity contribution in [1.82, 2.24) is 15.5 Å². The van der Waals surface area contributed by atoms with Crippen molar-refractivity contribution < 1.29 is 32.3 Å². The molecule has 5 atom stereocenters. The summed E-state index contributed by atoms with van der Waals surface area (Å²) in [5.41, 5.74) is -0.238. The molecular weight excluding hydrogens is 463 g/mol. The lowest BCUT2D eigenvalue weighted by molar-refractivity contribution is -0.155. The lowest BCUT2D eigenvalue weighted by Gasteiger charge is -2.35. The zero-order chi connectivity index (χ0) is 26.1. The van der Waals surface area contributed by atoms with Gasteiger partial charge in [-0.3, -0.25) is 19.2 Å². The van der Waals surface area contributed by atoms with Crippen LogP contribution in [0, 0.1) is 29.1 Å². The highest BCUT2D eigenvalue weighted by Crippen LogP contribution is 2.65. The van der Waals surface area contributed by atoms with Gasteiger partial charge < -0.3 is 15.5 Å². The first-order valence-corrected chi connectivity index (χ1v) is 12.4. The third-order valence-electron chi connectivity index (χ3n) is 8.21. The van der Waals surface area contributed by atoms with Crippen LogP contribution in [0.5, 0.6) is 0 Å². The average Bonchev–Trinajstić information content (AvgIpc) is 3.12. The molecule has 0 bridgehead atoms. The van der Waals surface area contributed by atoms with Gasteiger partial charge in [0, 0.05) is 19.0 Å². The maximum atomic E-state index is 13.4. The molecule has 35 heavy (non-hydrogen) atoms. The quantitative estimate of drug-likeness (QED) is 0.377. The summed E-state index contributed by atoms with van der Waals surface area (Å²) in [7, 11) is 0. The van der Waals surface area contributed by atoms with Crippen molar-refractivity contribution in [3.8, 4) is 0 Å². The summed E-state index contributed by atoms with van der Waals surface area (Å²) in [5, 5.41) is 4.34. The summed E-state index contributed by atoms with van der Waals surface area (Å²) in [6.45, 7) is 9.45. The zero-order valence-electron chi connectivity index (χ0n) is 20.6. The second-order valence-corrected chi connectivity index (χ2v) is 10.8. The van der Waals surface area contributed by atoms with E-state index in [0.717, 1.165) is 32.1 Å². The second-order valence-electron chi connectivity index (χ2n) is 10.8. The van der Waals surface area contributed by atoms with E-state index in [2.05, 4.69) is 17.2 Å². The molecule has 0 aromatic carbocycles. The van der Waals surface area contributed by atoms with Gasteiger partial charge in [0.1, 0.15) is 12.1 Å². The van der Waals surface area contributed by atoms with Gasteiger partial charge in [0.25, 0.3) is 5.91 Å². The Morgan fingerprint density at radius 3 is 2.34 bits per heavy atom. The number of carbonyl (C=O) groups is 4. The van der Waals surface area contributed by atoms with Gasteiger partial charge in [0.2, 0.25) is 17.6 Å². The van der Waals surface area contributed by atoms with E-state index in [1.165, 1.54) is 11.0 Å². The summed E-state index contributed by atoms with van der Waals surface area (Å²) in [4.78, 5) is 52.8. The smallest absolute Gasteiger partial charge is 0.346 e. The number of rotatable bonds is 9. The minimum atomic E-state index is -4.78. The van der Waals surface area contributed by atoms with Crippen LogP contribution in [0.1, 0.15) is 59.3 Å². The minimum Gasteiger partial charge on any atom is -0.346 e. The molecule has 2 aliphatic carbocycles. The summed E-state index contributed by atoms with van der Waals surface area (Å²) < 4.78 is 39.7. The molecule has 1 saturated heterocycles. The van der Waals surface area contributed by atoms with Crippen molar-refractivity contribution >= 4 is 23.5 Å². The molecule has 7 nitrogen and oxygen atoms in total. The van der Waals surface area contributed by atoms with Crippen molar-refractivity contribution in [1.29, 1.82) is 0 Å². The molecule has 1 unspecified atom stereocenters. The van der Waals surface area contributed by atoms with Gasteiger partial charge in [-0.25, -0.2) is 0 Å². The van der Waals surface area contributed by atoms with E-state index < -0.39 is 42.3 Å². The predicted molar refractivity (Wildman–Crippen MR) is 123 cm³/mol. The fraction of sp³-hybridized carbons (Fsp3) is 0.760. The molecule has 3 rings (SSSR count). The Morgan fingerprint density at radius 2 is 1.77 bits per heavy atom. The lowest BCUT2D eigenvalue weighted by atomic mass is 9.80. The molecule has 0 spiro atoms. The van der Waals surface area contributed by atoms with Crippen LogP contribution >= 0.6 is 0 Å². The van der Waals surface area contributed by atoms with Gasteiger partial charge in [0.05, 0.1) is 6.42 Å². The zero-order valence-corrected chi connectivity index (χ0v) is 20.6. The number of ketones is 1. The number of amides is 3. The Kier molecular flexibility index (Phi) is 8.01. The number of Topliss-reactive ketones (excluding diaryl/α,β-unsaturated/α-hetero) is 1. The van der Waals surface area contributed by atoms with Gasteiger partial charge in [-0.15, -0.1) is 6.58 Å². The van der Waals surface area contributed by atoms with E-state index in [1.54, 1.807) is 0 Å². The molecule has 2 N–H and O–H groups in total. The number of fused-ring (bicyclic) bond motifs is 1. The molecule has 196 valence electrons. The van der Waals surface area contributed by atoms with Crippen molar-refractivity contribution in [2.24, 2.45) is 29.1 Å². The Labute approximate surface area is 204 Å². The standard InChI is InChI=1S/C25H36F3N3O4/c1-5-11-29-22(34)20(32)17(12-25(26,27)28)30-21(33)19-18-16(24(18,3)4)13-31(19)23(35)14(2)15-9-7-6-8-10-15/h5,14-19H,1,6-13H2,2-4H3,(H,29,34)(H,30,33)/t14-,16-,17?,18-,19-/m0/s1. The number of hydrogen-bond acceptors (Lipinski definition) is 4. The van der Waals surface area contributed by atoms with Crippen molar-refractivity contribution in [3.63, 3.8) is 0 Å². The first-order chi connectivity index (χ1) is 16.3. The molecule has 3 aliphatic rings. The fourth-order valence-corrected chi connectivity index (χ4v) is 6.02. The number of nitrogens with zero attached hydrogens (tertiary/aromatic N) is 1. The summed E-state index contributed by atoms with van der Waals surface area (Å²) in [6.07, 6.45) is -0.0356. The van der Waals surface area contributed by atoms with Gasteiger partial charge >= 0.3 is 6.18 Å². The minimum absolute atomic E-state index is 0.0633. The van der Waals surface area contributed by atoms with Crippen LogP contribution in [0.2, 0.25) is 0 Å². The average molecular weight is 500 g/mol. The predicted octanol–water partition coefficient (Wildman–Crippen LogP) is 2.99. The largest absolute Gasteiger partial charge is 0.391 e. The van der Waals surface area contributed by atoms with E-state index >= 15 is 0 Å². The molecule has 3 amide bonds. The van der Waals surface area contributed by atoms with Crippen LogP contribution in [-0.2, 0) is 19.2 Å². The van der Waals surface area contributed by atoms with Crippen LogP contribution in [0.4, 0.5) is 13.2 Å². The van der Waals surface area contributed by atoms with Gasteiger partial charge in [-0.2, -0.15) is 13.2 Å². The monoisotopic (exact) mass is 499 g/mol. The Hall–Kier alpha value is -2.39. The van der Waals surface area contributed by atoms with E-state index in [-0.39, 0.29) is 41.5 Å². The number of hydrogen-bond donors (Lipinski definition) is 2. The number of nitrogens with one attached hydrogen (secondary N) is 2. The van der Waals surface area contributed by atoms with E-state index in [4.69, 9.17) is 0 Å². The van der Waals surface area contributed by atoms with Gasteiger partial charge in [-0.05, 0) is 36.0 Å². The number of piperidine rings is 1. The molecule has 10 heteroatoms. The molecule has 2 saturated carbocycles.